The number of carbonyl (C=O) groups is 2. The van der Waals surface area contributed by atoms with E-state index in [9.17, 15) is 9.59 Å². The van der Waals surface area contributed by atoms with E-state index >= 15 is 0 Å². The number of benzene rings is 3. The summed E-state index contributed by atoms with van der Waals surface area (Å²) in [6.45, 7) is 5.25. The van der Waals surface area contributed by atoms with Gasteiger partial charge >= 0.3 is 0 Å². The molecule has 0 aromatic heterocycles. The summed E-state index contributed by atoms with van der Waals surface area (Å²) in [7, 11) is 0. The van der Waals surface area contributed by atoms with Gasteiger partial charge in [0.1, 0.15) is 0 Å². The number of nitrogens with one attached hydrogen (secondary N) is 2. The molecule has 0 bridgehead atoms. The van der Waals surface area contributed by atoms with Gasteiger partial charge in [-0.1, -0.05) is 42.5 Å². The predicted octanol–water partition coefficient (Wildman–Crippen LogP) is 4.38. The van der Waals surface area contributed by atoms with Gasteiger partial charge in [0.25, 0.3) is 5.91 Å². The molecule has 0 saturated heterocycles. The molecule has 0 aliphatic heterocycles. The van der Waals surface area contributed by atoms with Gasteiger partial charge in [0, 0.05) is 24.3 Å². The number of rotatable bonds is 6. The Labute approximate surface area is 182 Å². The Morgan fingerprint density at radius 3 is 2.27 bits per heavy atom. The van der Waals surface area contributed by atoms with E-state index in [4.69, 9.17) is 12.2 Å². The van der Waals surface area contributed by atoms with Crippen molar-refractivity contribution in [3.8, 4) is 0 Å². The van der Waals surface area contributed by atoms with Gasteiger partial charge in [-0.2, -0.15) is 0 Å². The second-order valence-electron chi connectivity index (χ2n) is 6.87. The van der Waals surface area contributed by atoms with Crippen LogP contribution in [0.4, 0.5) is 5.69 Å². The Morgan fingerprint density at radius 2 is 1.57 bits per heavy atom. The van der Waals surface area contributed by atoms with E-state index in [2.05, 4.69) is 10.6 Å². The summed E-state index contributed by atoms with van der Waals surface area (Å²) in [5.41, 5.74) is 2.28. The maximum absolute atomic E-state index is 12.5. The number of nitrogens with zero attached hydrogens (tertiary/aromatic N) is 1. The molecule has 0 unspecified atom stereocenters. The molecule has 30 heavy (non-hydrogen) atoms. The van der Waals surface area contributed by atoms with Crippen LogP contribution in [0, 0.1) is 0 Å². The van der Waals surface area contributed by atoms with Crippen molar-refractivity contribution in [2.24, 2.45) is 0 Å². The normalized spacial score (nSPS) is 10.5. The molecule has 0 radical (unpaired) electrons. The van der Waals surface area contributed by atoms with Crippen molar-refractivity contribution < 1.29 is 9.59 Å². The molecule has 0 atom stereocenters. The molecule has 2 N–H and O–H groups in total. The van der Waals surface area contributed by atoms with Crippen LogP contribution in [-0.4, -0.2) is 34.9 Å². The van der Waals surface area contributed by atoms with Gasteiger partial charge in [-0.15, -0.1) is 0 Å². The molecular formula is C24H25N3O2S. The van der Waals surface area contributed by atoms with Crippen LogP contribution in [0.1, 0.15) is 29.8 Å². The third-order valence-electron chi connectivity index (χ3n) is 4.92. The highest BCUT2D eigenvalue weighted by atomic mass is 32.1. The minimum atomic E-state index is -0.183. The van der Waals surface area contributed by atoms with E-state index < -0.39 is 0 Å². The van der Waals surface area contributed by atoms with Gasteiger partial charge in [0.2, 0.25) is 5.91 Å². The summed E-state index contributed by atoms with van der Waals surface area (Å²) in [4.78, 5) is 26.6. The van der Waals surface area contributed by atoms with E-state index in [1.54, 1.807) is 29.2 Å². The van der Waals surface area contributed by atoms with E-state index in [0.717, 1.165) is 16.3 Å². The Bertz CT molecular complexity index is 1050. The SMILES string of the molecule is CCN(CC)C(=O)c1ccc(NC(=S)NC(=O)Cc2cccc3ccccc23)cc1. The monoisotopic (exact) mass is 419 g/mol. The standard InChI is InChI=1S/C24H25N3O2S/c1-3-27(4-2)23(29)18-12-14-20(15-13-18)25-24(30)26-22(28)16-19-10-7-9-17-8-5-6-11-21(17)19/h5-15H,3-4,16H2,1-2H3,(H2,25,26,28,30). The van der Waals surface area contributed by atoms with Crippen LogP contribution in [-0.2, 0) is 11.2 Å². The fourth-order valence-electron chi connectivity index (χ4n) is 3.34. The van der Waals surface area contributed by atoms with Crippen molar-refractivity contribution in [1.82, 2.24) is 10.2 Å². The minimum absolute atomic E-state index is 0.00230. The summed E-state index contributed by atoms with van der Waals surface area (Å²) < 4.78 is 0. The first kappa shape index (κ1) is 21.5. The molecule has 0 aliphatic carbocycles. The quantitative estimate of drug-likeness (QED) is 0.582. The second-order valence-corrected chi connectivity index (χ2v) is 7.28. The van der Waals surface area contributed by atoms with E-state index in [1.165, 1.54) is 0 Å². The maximum atomic E-state index is 12.5. The first-order valence-corrected chi connectivity index (χ1v) is 10.4. The average molecular weight is 420 g/mol. The van der Waals surface area contributed by atoms with Gasteiger partial charge in [-0.25, -0.2) is 0 Å². The smallest absolute Gasteiger partial charge is 0.253 e. The number of amides is 2. The lowest BCUT2D eigenvalue weighted by Gasteiger charge is -2.18. The first-order chi connectivity index (χ1) is 14.5. The van der Waals surface area contributed by atoms with Crippen molar-refractivity contribution in [3.05, 3.63) is 77.9 Å². The summed E-state index contributed by atoms with van der Waals surface area (Å²) in [5, 5.41) is 8.10. The Morgan fingerprint density at radius 1 is 0.900 bits per heavy atom. The fraction of sp³-hybridized carbons (Fsp3) is 0.208. The highest BCUT2D eigenvalue weighted by Crippen LogP contribution is 2.19. The lowest BCUT2D eigenvalue weighted by atomic mass is 10.0. The lowest BCUT2D eigenvalue weighted by Crippen LogP contribution is -2.35. The average Bonchev–Trinajstić information content (AvgIpc) is 2.75. The number of anilines is 1. The van der Waals surface area contributed by atoms with Gasteiger partial charge in [0.15, 0.2) is 5.11 Å². The Balaban J connectivity index is 1.58. The van der Waals surface area contributed by atoms with Gasteiger partial charge in [-0.3, -0.25) is 9.59 Å². The van der Waals surface area contributed by atoms with Gasteiger partial charge < -0.3 is 15.5 Å². The van der Waals surface area contributed by atoms with Gasteiger partial charge in [0.05, 0.1) is 6.42 Å². The van der Waals surface area contributed by atoms with E-state index in [0.29, 0.717) is 24.3 Å². The third-order valence-corrected chi connectivity index (χ3v) is 5.13. The molecule has 0 spiro atoms. The zero-order valence-corrected chi connectivity index (χ0v) is 18.0. The molecule has 5 nitrogen and oxygen atoms in total. The molecule has 0 fully saturated rings. The zero-order chi connectivity index (χ0) is 21.5. The zero-order valence-electron chi connectivity index (χ0n) is 17.1. The molecule has 0 aliphatic rings. The molecule has 3 aromatic rings. The van der Waals surface area contributed by atoms with Crippen molar-refractivity contribution >= 4 is 45.6 Å². The number of thiocarbonyl (C=S) groups is 1. The van der Waals surface area contributed by atoms with Crippen molar-refractivity contribution in [1.29, 1.82) is 0 Å². The number of hydrogen-bond acceptors (Lipinski definition) is 3. The van der Waals surface area contributed by atoms with Crippen LogP contribution in [0.15, 0.2) is 66.7 Å². The number of fused-ring (bicyclic) bond motifs is 1. The van der Waals surface area contributed by atoms with Crippen LogP contribution in [0.25, 0.3) is 10.8 Å². The first-order valence-electron chi connectivity index (χ1n) is 9.98. The number of carbonyl (C=O) groups excluding carboxylic acids is 2. The largest absolute Gasteiger partial charge is 0.339 e. The molecule has 2 amide bonds. The van der Waals surface area contributed by atoms with E-state index in [1.807, 2.05) is 56.3 Å². The van der Waals surface area contributed by atoms with E-state index in [-0.39, 0.29) is 23.3 Å². The fourth-order valence-corrected chi connectivity index (χ4v) is 3.57. The Kier molecular flexibility index (Phi) is 7.14. The molecule has 0 heterocycles. The lowest BCUT2D eigenvalue weighted by molar-refractivity contribution is -0.119. The topological polar surface area (TPSA) is 61.4 Å². The Hall–Kier alpha value is -3.25. The molecular weight excluding hydrogens is 394 g/mol. The summed E-state index contributed by atoms with van der Waals surface area (Å²) in [6, 6.07) is 21.0. The molecule has 3 aromatic carbocycles. The molecule has 154 valence electrons. The van der Waals surface area contributed by atoms with Crippen LogP contribution >= 0.6 is 12.2 Å². The number of hydrogen-bond donors (Lipinski definition) is 2. The second kappa shape index (κ2) is 9.98. The van der Waals surface area contributed by atoms with Crippen molar-refractivity contribution in [2.75, 3.05) is 18.4 Å². The van der Waals surface area contributed by atoms with Gasteiger partial charge in [-0.05, 0) is 66.7 Å². The highest BCUT2D eigenvalue weighted by Gasteiger charge is 2.13. The minimum Gasteiger partial charge on any atom is -0.339 e. The molecule has 3 rings (SSSR count). The van der Waals surface area contributed by atoms with Crippen molar-refractivity contribution in [2.45, 2.75) is 20.3 Å². The molecule has 0 saturated carbocycles. The summed E-state index contributed by atoms with van der Waals surface area (Å²) >= 11 is 5.27. The van der Waals surface area contributed by atoms with Crippen LogP contribution in [0.2, 0.25) is 0 Å². The predicted molar refractivity (Wildman–Crippen MR) is 126 cm³/mol. The molecule has 6 heteroatoms. The highest BCUT2D eigenvalue weighted by molar-refractivity contribution is 7.80. The van der Waals surface area contributed by atoms with Crippen molar-refractivity contribution in [3.63, 3.8) is 0 Å². The summed E-state index contributed by atoms with van der Waals surface area (Å²) in [6.07, 6.45) is 0.237. The maximum Gasteiger partial charge on any atom is 0.253 e. The van der Waals surface area contributed by atoms with Crippen LogP contribution in [0.3, 0.4) is 0 Å². The van der Waals surface area contributed by atoms with Crippen LogP contribution < -0.4 is 10.6 Å². The third kappa shape index (κ3) is 5.21. The summed E-state index contributed by atoms with van der Waals surface area (Å²) in [5.74, 6) is -0.185. The van der Waals surface area contributed by atoms with Crippen LogP contribution in [0.5, 0.6) is 0 Å².